The molecule has 0 bridgehead atoms. The Morgan fingerprint density at radius 3 is 2.61 bits per heavy atom. The van der Waals surface area contributed by atoms with Crippen LogP contribution in [0.4, 0.5) is 0 Å². The molecule has 23 heavy (non-hydrogen) atoms. The Morgan fingerprint density at radius 2 is 2.04 bits per heavy atom. The van der Waals surface area contributed by atoms with Crippen molar-refractivity contribution < 1.29 is 17.9 Å². The van der Waals surface area contributed by atoms with Gasteiger partial charge in [-0.2, -0.15) is 0 Å². The zero-order chi connectivity index (χ0) is 16.0. The summed E-state index contributed by atoms with van der Waals surface area (Å²) in [4.78, 5) is 12.0. The summed E-state index contributed by atoms with van der Waals surface area (Å²) >= 11 is 0. The lowest BCUT2D eigenvalue weighted by Gasteiger charge is -2.23. The molecule has 0 aliphatic carbocycles. The molecule has 1 aromatic carbocycles. The molecule has 0 saturated carbocycles. The van der Waals surface area contributed by atoms with Gasteiger partial charge in [0.1, 0.15) is 5.75 Å². The summed E-state index contributed by atoms with van der Waals surface area (Å²) in [5, 5.41) is 6.22. The van der Waals surface area contributed by atoms with Crippen LogP contribution in [0.15, 0.2) is 29.2 Å². The average molecular weight is 363 g/mol. The molecular formula is C15H23ClN2O4S. The highest BCUT2D eigenvalue weighted by Gasteiger charge is 2.15. The lowest BCUT2D eigenvalue weighted by molar-refractivity contribution is -0.122. The van der Waals surface area contributed by atoms with Gasteiger partial charge in [0.05, 0.1) is 17.9 Å². The maximum atomic E-state index is 11.8. The van der Waals surface area contributed by atoms with E-state index in [1.54, 1.807) is 12.1 Å². The Kier molecular flexibility index (Phi) is 7.81. The quantitative estimate of drug-likeness (QED) is 0.793. The maximum Gasteiger partial charge on any atom is 0.223 e. The summed E-state index contributed by atoms with van der Waals surface area (Å²) < 4.78 is 28.1. The summed E-state index contributed by atoms with van der Waals surface area (Å²) in [6.07, 6.45) is 3.53. The van der Waals surface area contributed by atoms with E-state index < -0.39 is 9.84 Å². The molecule has 6 nitrogen and oxygen atoms in total. The van der Waals surface area contributed by atoms with E-state index in [0.717, 1.165) is 32.2 Å². The lowest BCUT2D eigenvalue weighted by atomic mass is 10.1. The van der Waals surface area contributed by atoms with Gasteiger partial charge in [-0.15, -0.1) is 12.4 Å². The second-order valence-corrected chi connectivity index (χ2v) is 7.47. The molecule has 1 aliphatic rings. The topological polar surface area (TPSA) is 84.5 Å². The summed E-state index contributed by atoms with van der Waals surface area (Å²) in [5.74, 6) is 0.529. The molecule has 2 rings (SSSR count). The molecular weight excluding hydrogens is 340 g/mol. The first kappa shape index (κ1) is 19.7. The maximum absolute atomic E-state index is 11.8. The van der Waals surface area contributed by atoms with Gasteiger partial charge in [-0.25, -0.2) is 8.42 Å². The Morgan fingerprint density at radius 1 is 1.35 bits per heavy atom. The number of benzene rings is 1. The number of hydrogen-bond donors (Lipinski definition) is 2. The molecule has 130 valence electrons. The Bertz CT molecular complexity index is 598. The fourth-order valence-corrected chi connectivity index (χ4v) is 2.95. The zero-order valence-electron chi connectivity index (χ0n) is 13.1. The van der Waals surface area contributed by atoms with E-state index in [0.29, 0.717) is 5.75 Å². The Labute approximate surface area is 143 Å². The van der Waals surface area contributed by atoms with Crippen molar-refractivity contribution >= 4 is 28.2 Å². The standard InChI is InChI=1S/C15H22N2O4S.ClH/c1-22(19,20)14-6-4-13(5-7-14)21-10-8-15(18)17-12-3-2-9-16-11-12;/h4-7,12,16H,2-3,8-11H2,1H3,(H,17,18);1H/t12-;/m0./s1. The fraction of sp³-hybridized carbons (Fsp3) is 0.533. The number of piperidine rings is 1. The summed E-state index contributed by atoms with van der Waals surface area (Å²) in [6.45, 7) is 2.10. The van der Waals surface area contributed by atoms with Crippen LogP contribution in [0.2, 0.25) is 0 Å². The molecule has 0 unspecified atom stereocenters. The molecule has 0 spiro atoms. The number of sulfone groups is 1. The molecule has 1 aliphatic heterocycles. The van der Waals surface area contributed by atoms with Crippen LogP contribution in [0.25, 0.3) is 0 Å². The van der Waals surface area contributed by atoms with Crippen molar-refractivity contribution in [3.8, 4) is 5.75 Å². The van der Waals surface area contributed by atoms with Crippen molar-refractivity contribution in [1.29, 1.82) is 0 Å². The largest absolute Gasteiger partial charge is 0.493 e. The summed E-state index contributed by atoms with van der Waals surface area (Å²) in [6, 6.07) is 6.39. The van der Waals surface area contributed by atoms with Crippen molar-refractivity contribution in [3.05, 3.63) is 24.3 Å². The second kappa shape index (κ2) is 9.10. The molecule has 1 fully saturated rings. The van der Waals surface area contributed by atoms with Gasteiger partial charge in [-0.05, 0) is 43.7 Å². The van der Waals surface area contributed by atoms with Crippen molar-refractivity contribution in [2.45, 2.75) is 30.2 Å². The third-order valence-corrected chi connectivity index (χ3v) is 4.64. The predicted molar refractivity (Wildman–Crippen MR) is 90.9 cm³/mol. The van der Waals surface area contributed by atoms with Crippen LogP contribution in [0.5, 0.6) is 5.75 Å². The van der Waals surface area contributed by atoms with E-state index in [1.165, 1.54) is 12.1 Å². The van der Waals surface area contributed by atoms with Crippen molar-refractivity contribution in [2.75, 3.05) is 26.0 Å². The second-order valence-electron chi connectivity index (χ2n) is 5.45. The highest BCUT2D eigenvalue weighted by Crippen LogP contribution is 2.15. The van der Waals surface area contributed by atoms with Gasteiger partial charge in [0, 0.05) is 18.8 Å². The predicted octanol–water partition coefficient (Wildman–Crippen LogP) is 1.15. The molecule has 8 heteroatoms. The molecule has 1 aromatic rings. The highest BCUT2D eigenvalue weighted by molar-refractivity contribution is 7.90. The van der Waals surface area contributed by atoms with Gasteiger partial charge in [0.25, 0.3) is 0 Å². The van der Waals surface area contributed by atoms with E-state index in [9.17, 15) is 13.2 Å². The molecule has 0 aromatic heterocycles. The van der Waals surface area contributed by atoms with Crippen LogP contribution >= 0.6 is 12.4 Å². The fourth-order valence-electron chi connectivity index (χ4n) is 2.32. The van der Waals surface area contributed by atoms with Gasteiger partial charge in [-0.1, -0.05) is 0 Å². The number of halogens is 1. The van der Waals surface area contributed by atoms with Crippen molar-refractivity contribution in [1.82, 2.24) is 10.6 Å². The minimum atomic E-state index is -3.20. The number of rotatable bonds is 6. The van der Waals surface area contributed by atoms with E-state index >= 15 is 0 Å². The molecule has 1 atom stereocenters. The zero-order valence-corrected chi connectivity index (χ0v) is 14.7. The lowest BCUT2D eigenvalue weighted by Crippen LogP contribution is -2.45. The van der Waals surface area contributed by atoms with Gasteiger partial charge in [-0.3, -0.25) is 4.79 Å². The summed E-state index contributed by atoms with van der Waals surface area (Å²) in [5.41, 5.74) is 0. The minimum Gasteiger partial charge on any atom is -0.493 e. The Hall–Kier alpha value is -1.31. The van der Waals surface area contributed by atoms with E-state index in [1.807, 2.05) is 0 Å². The number of amides is 1. The number of carbonyl (C=O) groups excluding carboxylic acids is 1. The first-order chi connectivity index (χ1) is 10.4. The number of hydrogen-bond acceptors (Lipinski definition) is 5. The molecule has 1 saturated heterocycles. The Balaban J connectivity index is 0.00000264. The first-order valence-corrected chi connectivity index (χ1v) is 9.27. The SMILES string of the molecule is CS(=O)(=O)c1ccc(OCCC(=O)N[C@H]2CCCNC2)cc1.Cl. The number of ether oxygens (including phenoxy) is 1. The van der Waals surface area contributed by atoms with Gasteiger partial charge in [0.2, 0.25) is 5.91 Å². The van der Waals surface area contributed by atoms with Gasteiger partial charge in [0.15, 0.2) is 9.84 Å². The minimum absolute atomic E-state index is 0. The monoisotopic (exact) mass is 362 g/mol. The van der Waals surface area contributed by atoms with Crippen LogP contribution < -0.4 is 15.4 Å². The molecule has 2 N–H and O–H groups in total. The smallest absolute Gasteiger partial charge is 0.223 e. The first-order valence-electron chi connectivity index (χ1n) is 7.38. The molecule has 0 radical (unpaired) electrons. The van der Waals surface area contributed by atoms with Crippen LogP contribution in [-0.4, -0.2) is 46.3 Å². The number of carbonyl (C=O) groups is 1. The summed E-state index contributed by atoms with van der Waals surface area (Å²) in [7, 11) is -3.20. The third-order valence-electron chi connectivity index (χ3n) is 3.51. The normalized spacial score (nSPS) is 17.9. The van der Waals surface area contributed by atoms with E-state index in [2.05, 4.69) is 10.6 Å². The van der Waals surface area contributed by atoms with E-state index in [-0.39, 0.29) is 42.3 Å². The van der Waals surface area contributed by atoms with Crippen LogP contribution in [0, 0.1) is 0 Å². The van der Waals surface area contributed by atoms with Crippen molar-refractivity contribution in [2.24, 2.45) is 0 Å². The van der Waals surface area contributed by atoms with Crippen LogP contribution in [-0.2, 0) is 14.6 Å². The van der Waals surface area contributed by atoms with Gasteiger partial charge < -0.3 is 15.4 Å². The molecule has 1 amide bonds. The van der Waals surface area contributed by atoms with Gasteiger partial charge >= 0.3 is 0 Å². The highest BCUT2D eigenvalue weighted by atomic mass is 35.5. The third kappa shape index (κ3) is 6.76. The van der Waals surface area contributed by atoms with Crippen LogP contribution in [0.3, 0.4) is 0 Å². The average Bonchev–Trinajstić information content (AvgIpc) is 2.48. The van der Waals surface area contributed by atoms with Crippen molar-refractivity contribution in [3.63, 3.8) is 0 Å². The number of nitrogens with one attached hydrogen (secondary N) is 2. The van der Waals surface area contributed by atoms with Crippen LogP contribution in [0.1, 0.15) is 19.3 Å². The molecule has 1 heterocycles. The van der Waals surface area contributed by atoms with E-state index in [4.69, 9.17) is 4.74 Å².